The zero-order valence-electron chi connectivity index (χ0n) is 20.2. The Morgan fingerprint density at radius 1 is 0.939 bits per heavy atom. The Hall–Kier alpha value is -2.98. The molecule has 0 N–H and O–H groups in total. The van der Waals surface area contributed by atoms with Crippen LogP contribution in [0.25, 0.3) is 11.1 Å². The van der Waals surface area contributed by atoms with Crippen LogP contribution in [-0.4, -0.2) is 31.5 Å². The molecule has 3 nitrogen and oxygen atoms in total. The van der Waals surface area contributed by atoms with Crippen LogP contribution in [0.1, 0.15) is 50.2 Å². The predicted molar refractivity (Wildman–Crippen MR) is 133 cm³/mol. The summed E-state index contributed by atoms with van der Waals surface area (Å²) >= 11 is 0. The van der Waals surface area contributed by atoms with Gasteiger partial charge in [0.25, 0.3) is 0 Å². The van der Waals surface area contributed by atoms with Crippen LogP contribution in [0.3, 0.4) is 0 Å². The molecule has 174 valence electrons. The van der Waals surface area contributed by atoms with E-state index in [1.165, 1.54) is 11.6 Å². The third kappa shape index (κ3) is 6.29. The molecule has 0 aliphatic rings. The fourth-order valence-electron chi connectivity index (χ4n) is 4.47. The van der Waals surface area contributed by atoms with Crippen molar-refractivity contribution in [3.05, 3.63) is 89.7 Å². The van der Waals surface area contributed by atoms with Crippen molar-refractivity contribution in [2.24, 2.45) is 5.92 Å². The third-order valence-corrected chi connectivity index (χ3v) is 6.22. The number of ether oxygens (including phenoxy) is 1. The van der Waals surface area contributed by atoms with Crippen LogP contribution in [-0.2, 0) is 4.79 Å². The molecule has 1 unspecified atom stereocenters. The van der Waals surface area contributed by atoms with Crippen LogP contribution >= 0.6 is 0 Å². The summed E-state index contributed by atoms with van der Waals surface area (Å²) in [6.07, 6.45) is 1.01. The van der Waals surface area contributed by atoms with Crippen molar-refractivity contribution in [1.82, 2.24) is 4.90 Å². The number of esters is 1. The first-order valence-corrected chi connectivity index (χ1v) is 11.6. The topological polar surface area (TPSA) is 29.5 Å². The highest BCUT2D eigenvalue weighted by molar-refractivity contribution is 5.80. The first-order chi connectivity index (χ1) is 15.8. The number of rotatable bonds is 9. The number of hydrogen-bond donors (Lipinski definition) is 0. The van der Waals surface area contributed by atoms with Gasteiger partial charge in [-0.1, -0.05) is 68.4 Å². The monoisotopic (exact) mass is 447 g/mol. The molecule has 4 heteroatoms. The second-order valence-electron chi connectivity index (χ2n) is 9.07. The van der Waals surface area contributed by atoms with E-state index in [1.54, 1.807) is 25.1 Å². The highest BCUT2D eigenvalue weighted by atomic mass is 19.1. The van der Waals surface area contributed by atoms with E-state index < -0.39 is 11.9 Å². The number of halogens is 1. The molecule has 3 aromatic rings. The van der Waals surface area contributed by atoms with Gasteiger partial charge in [0.05, 0.1) is 5.92 Å². The molecule has 0 aliphatic heterocycles. The van der Waals surface area contributed by atoms with Crippen LogP contribution in [0.2, 0.25) is 0 Å². The van der Waals surface area contributed by atoms with E-state index in [-0.39, 0.29) is 5.82 Å². The summed E-state index contributed by atoms with van der Waals surface area (Å²) in [5.41, 5.74) is 3.09. The molecule has 33 heavy (non-hydrogen) atoms. The molecule has 0 amide bonds. The molecule has 0 saturated heterocycles. The first kappa shape index (κ1) is 24.7. The van der Waals surface area contributed by atoms with Crippen molar-refractivity contribution in [1.29, 1.82) is 0 Å². The lowest BCUT2D eigenvalue weighted by Crippen LogP contribution is -2.24. The molecule has 0 aromatic heterocycles. The SMILES string of the molecule is CC[C@@H](c1cccc(OC(=O)C(C)c2ccc(-c3ccccc3)c(F)c2)c1)[C@@H](C)CN(C)C. The summed E-state index contributed by atoms with van der Waals surface area (Å²) in [4.78, 5) is 15.1. The molecular weight excluding hydrogens is 413 g/mol. The number of carbonyl (C=O) groups excluding carboxylic acids is 1. The van der Waals surface area contributed by atoms with Gasteiger partial charge in [-0.05, 0) is 74.2 Å². The number of carbonyl (C=O) groups is 1. The quantitative estimate of drug-likeness (QED) is 0.264. The minimum atomic E-state index is -0.581. The molecule has 0 radical (unpaired) electrons. The molecule has 3 aromatic carbocycles. The summed E-state index contributed by atoms with van der Waals surface area (Å²) in [5.74, 6) is 0.0577. The molecule has 0 aliphatic carbocycles. The fourth-order valence-corrected chi connectivity index (χ4v) is 4.47. The number of hydrogen-bond acceptors (Lipinski definition) is 3. The smallest absolute Gasteiger partial charge is 0.318 e. The first-order valence-electron chi connectivity index (χ1n) is 11.6. The standard InChI is InChI=1S/C29H34FNO2/c1-6-26(20(2)19-31(4)5)24-13-10-14-25(17-24)33-29(32)21(3)23-15-16-27(28(30)18-23)22-11-8-7-9-12-22/h7-18,20-21,26H,6,19H2,1-5H3/t20-,21?,26+/m0/s1. The van der Waals surface area contributed by atoms with Gasteiger partial charge in [-0.2, -0.15) is 0 Å². The average Bonchev–Trinajstić information content (AvgIpc) is 2.79. The summed E-state index contributed by atoms with van der Waals surface area (Å²) in [7, 11) is 4.16. The van der Waals surface area contributed by atoms with Crippen molar-refractivity contribution in [2.45, 2.75) is 39.0 Å². The lowest BCUT2D eigenvalue weighted by atomic mass is 9.85. The van der Waals surface area contributed by atoms with Gasteiger partial charge in [-0.15, -0.1) is 0 Å². The van der Waals surface area contributed by atoms with Crippen LogP contribution in [0.4, 0.5) is 4.39 Å². The van der Waals surface area contributed by atoms with Crippen molar-refractivity contribution < 1.29 is 13.9 Å². The highest BCUT2D eigenvalue weighted by Crippen LogP contribution is 2.32. The van der Waals surface area contributed by atoms with Gasteiger partial charge in [-0.3, -0.25) is 4.79 Å². The molecular formula is C29H34FNO2. The lowest BCUT2D eigenvalue weighted by Gasteiger charge is -2.26. The maximum atomic E-state index is 14.8. The van der Waals surface area contributed by atoms with Gasteiger partial charge in [0.15, 0.2) is 0 Å². The Balaban J connectivity index is 1.73. The van der Waals surface area contributed by atoms with E-state index in [0.717, 1.165) is 18.5 Å². The summed E-state index contributed by atoms with van der Waals surface area (Å²) in [5, 5.41) is 0. The molecule has 0 saturated carbocycles. The van der Waals surface area contributed by atoms with Crippen molar-refractivity contribution in [3.63, 3.8) is 0 Å². The zero-order chi connectivity index (χ0) is 24.0. The van der Waals surface area contributed by atoms with Gasteiger partial charge in [0.1, 0.15) is 11.6 Å². The Morgan fingerprint density at radius 2 is 1.67 bits per heavy atom. The van der Waals surface area contributed by atoms with Gasteiger partial charge < -0.3 is 9.64 Å². The highest BCUT2D eigenvalue weighted by Gasteiger charge is 2.22. The summed E-state index contributed by atoms with van der Waals surface area (Å²) in [6.45, 7) is 7.18. The third-order valence-electron chi connectivity index (χ3n) is 6.22. The molecule has 0 heterocycles. The second kappa shape index (κ2) is 11.2. The van der Waals surface area contributed by atoms with Crippen LogP contribution in [0, 0.1) is 11.7 Å². The normalized spacial score (nSPS) is 14.0. The largest absolute Gasteiger partial charge is 0.426 e. The van der Waals surface area contributed by atoms with Crippen LogP contribution < -0.4 is 4.74 Å². The van der Waals surface area contributed by atoms with Crippen LogP contribution in [0.15, 0.2) is 72.8 Å². The maximum absolute atomic E-state index is 14.8. The minimum absolute atomic E-state index is 0.346. The number of nitrogens with zero attached hydrogens (tertiary/aromatic N) is 1. The van der Waals surface area contributed by atoms with Gasteiger partial charge in [0, 0.05) is 12.1 Å². The second-order valence-corrected chi connectivity index (χ2v) is 9.07. The van der Waals surface area contributed by atoms with E-state index in [1.807, 2.05) is 42.5 Å². The van der Waals surface area contributed by atoms with Gasteiger partial charge in [-0.25, -0.2) is 4.39 Å². The average molecular weight is 448 g/mol. The van der Waals surface area contributed by atoms with E-state index in [2.05, 4.69) is 38.9 Å². The van der Waals surface area contributed by atoms with Crippen molar-refractivity contribution in [3.8, 4) is 16.9 Å². The molecule has 3 atom stereocenters. The maximum Gasteiger partial charge on any atom is 0.318 e. The Morgan fingerprint density at radius 3 is 2.30 bits per heavy atom. The Kier molecular flexibility index (Phi) is 8.40. The summed E-state index contributed by atoms with van der Waals surface area (Å²) < 4.78 is 20.5. The molecule has 3 rings (SSSR count). The van der Waals surface area contributed by atoms with E-state index in [0.29, 0.717) is 28.7 Å². The Labute approximate surface area is 197 Å². The molecule has 0 spiro atoms. The van der Waals surface area contributed by atoms with Crippen LogP contribution in [0.5, 0.6) is 5.75 Å². The van der Waals surface area contributed by atoms with E-state index in [9.17, 15) is 9.18 Å². The number of benzene rings is 3. The zero-order valence-corrected chi connectivity index (χ0v) is 20.2. The van der Waals surface area contributed by atoms with E-state index in [4.69, 9.17) is 4.74 Å². The Bertz CT molecular complexity index is 1060. The molecule has 0 bridgehead atoms. The minimum Gasteiger partial charge on any atom is -0.426 e. The predicted octanol–water partition coefficient (Wildman–Crippen LogP) is 6.89. The van der Waals surface area contributed by atoms with Gasteiger partial charge in [0.2, 0.25) is 0 Å². The lowest BCUT2D eigenvalue weighted by molar-refractivity contribution is -0.135. The van der Waals surface area contributed by atoms with Gasteiger partial charge >= 0.3 is 5.97 Å². The summed E-state index contributed by atoms with van der Waals surface area (Å²) in [6, 6.07) is 22.1. The van der Waals surface area contributed by atoms with Crippen molar-refractivity contribution >= 4 is 5.97 Å². The van der Waals surface area contributed by atoms with E-state index >= 15 is 0 Å². The molecule has 0 fully saturated rings. The van der Waals surface area contributed by atoms with Crippen molar-refractivity contribution in [2.75, 3.05) is 20.6 Å². The fraction of sp³-hybridized carbons (Fsp3) is 0.345.